The molecule has 1 saturated heterocycles. The highest BCUT2D eigenvalue weighted by Gasteiger charge is 2.32. The minimum absolute atomic E-state index is 0.00347. The van der Waals surface area contributed by atoms with E-state index in [-0.39, 0.29) is 17.3 Å². The number of rotatable bonds is 2. The Morgan fingerprint density at radius 1 is 1.08 bits per heavy atom. The van der Waals surface area contributed by atoms with Crippen molar-refractivity contribution in [1.82, 2.24) is 9.80 Å². The Hall–Kier alpha value is -2.45. The number of nitrogens with zero attached hydrogens (tertiary/aromatic N) is 2. The zero-order chi connectivity index (χ0) is 18.6. The van der Waals surface area contributed by atoms with E-state index >= 15 is 0 Å². The molecule has 0 unspecified atom stereocenters. The highest BCUT2D eigenvalue weighted by Crippen LogP contribution is 2.34. The number of halogens is 3. The van der Waals surface area contributed by atoms with Crippen molar-refractivity contribution >= 4 is 17.6 Å². The van der Waals surface area contributed by atoms with Crippen LogP contribution in [0.1, 0.15) is 18.9 Å². The minimum Gasteiger partial charge on any atom is -0.497 e. The first-order valence-electron chi connectivity index (χ1n) is 7.78. The second kappa shape index (κ2) is 7.62. The van der Waals surface area contributed by atoms with Gasteiger partial charge in [-0.3, -0.25) is 4.79 Å². The summed E-state index contributed by atoms with van der Waals surface area (Å²) < 4.78 is 43.7. The first-order valence-corrected chi connectivity index (χ1v) is 7.78. The number of hydrogen-bond donors (Lipinski definition) is 1. The van der Waals surface area contributed by atoms with Gasteiger partial charge in [0.05, 0.1) is 12.7 Å². The van der Waals surface area contributed by atoms with E-state index in [9.17, 15) is 22.8 Å². The van der Waals surface area contributed by atoms with E-state index in [1.54, 1.807) is 4.90 Å². The number of benzene rings is 1. The summed E-state index contributed by atoms with van der Waals surface area (Å²) in [7, 11) is 1.26. The Morgan fingerprint density at radius 2 is 1.72 bits per heavy atom. The van der Waals surface area contributed by atoms with Gasteiger partial charge in [0.15, 0.2) is 0 Å². The predicted octanol–water partition coefficient (Wildman–Crippen LogP) is 2.80. The molecular weight excluding hydrogens is 339 g/mol. The van der Waals surface area contributed by atoms with Gasteiger partial charge in [-0.1, -0.05) is 0 Å². The van der Waals surface area contributed by atoms with Gasteiger partial charge in [-0.05, 0) is 18.6 Å². The van der Waals surface area contributed by atoms with Crippen molar-refractivity contribution in [3.05, 3.63) is 23.8 Å². The highest BCUT2D eigenvalue weighted by molar-refractivity contribution is 5.89. The summed E-state index contributed by atoms with van der Waals surface area (Å²) in [6.07, 6.45) is -3.93. The zero-order valence-corrected chi connectivity index (χ0v) is 14.0. The van der Waals surface area contributed by atoms with Gasteiger partial charge in [-0.25, -0.2) is 4.79 Å². The van der Waals surface area contributed by atoms with Crippen LogP contribution in [-0.4, -0.2) is 55.0 Å². The van der Waals surface area contributed by atoms with Crippen LogP contribution in [-0.2, 0) is 11.0 Å². The SMILES string of the molecule is COc1cc(NC(=O)N2CCCN(C(C)=O)CC2)cc(C(F)(F)F)c1. The number of ether oxygens (including phenoxy) is 1. The largest absolute Gasteiger partial charge is 0.497 e. The number of carbonyl (C=O) groups is 2. The van der Waals surface area contributed by atoms with Crippen LogP contribution in [0.5, 0.6) is 5.75 Å². The first kappa shape index (κ1) is 18.9. The highest BCUT2D eigenvalue weighted by atomic mass is 19.4. The van der Waals surface area contributed by atoms with Gasteiger partial charge in [0.25, 0.3) is 0 Å². The smallest absolute Gasteiger partial charge is 0.416 e. The molecule has 138 valence electrons. The topological polar surface area (TPSA) is 61.9 Å². The molecule has 1 aromatic carbocycles. The number of hydrogen-bond acceptors (Lipinski definition) is 3. The van der Waals surface area contributed by atoms with Crippen molar-refractivity contribution in [3.63, 3.8) is 0 Å². The summed E-state index contributed by atoms with van der Waals surface area (Å²) in [5.41, 5.74) is -0.898. The number of urea groups is 1. The van der Waals surface area contributed by atoms with Crippen molar-refractivity contribution in [2.45, 2.75) is 19.5 Å². The van der Waals surface area contributed by atoms with Crippen LogP contribution in [0.4, 0.5) is 23.7 Å². The fraction of sp³-hybridized carbons (Fsp3) is 0.500. The molecule has 0 atom stereocenters. The van der Waals surface area contributed by atoms with Crippen LogP contribution in [0.2, 0.25) is 0 Å². The molecular formula is C16H20F3N3O3. The summed E-state index contributed by atoms with van der Waals surface area (Å²) in [5, 5.41) is 2.47. The van der Waals surface area contributed by atoms with Crippen molar-refractivity contribution in [2.24, 2.45) is 0 Å². The number of amides is 3. The lowest BCUT2D eigenvalue weighted by molar-refractivity contribution is -0.137. The van der Waals surface area contributed by atoms with Gasteiger partial charge in [0.1, 0.15) is 5.75 Å². The van der Waals surface area contributed by atoms with Gasteiger partial charge in [-0.2, -0.15) is 13.2 Å². The normalized spacial score (nSPS) is 15.6. The summed E-state index contributed by atoms with van der Waals surface area (Å²) in [6, 6.07) is 2.55. The molecule has 2 rings (SSSR count). The van der Waals surface area contributed by atoms with Gasteiger partial charge in [0, 0.05) is 44.9 Å². The lowest BCUT2D eigenvalue weighted by Crippen LogP contribution is -2.38. The fourth-order valence-corrected chi connectivity index (χ4v) is 2.59. The van der Waals surface area contributed by atoms with Crippen molar-refractivity contribution in [1.29, 1.82) is 0 Å². The number of carbonyl (C=O) groups excluding carboxylic acids is 2. The number of alkyl halides is 3. The fourth-order valence-electron chi connectivity index (χ4n) is 2.59. The summed E-state index contributed by atoms with van der Waals surface area (Å²) >= 11 is 0. The summed E-state index contributed by atoms with van der Waals surface area (Å²) in [4.78, 5) is 26.9. The van der Waals surface area contributed by atoms with Gasteiger partial charge in [0.2, 0.25) is 5.91 Å². The molecule has 0 aromatic heterocycles. The van der Waals surface area contributed by atoms with E-state index < -0.39 is 17.8 Å². The maximum atomic E-state index is 12.9. The van der Waals surface area contributed by atoms with E-state index in [4.69, 9.17) is 4.74 Å². The molecule has 1 fully saturated rings. The first-order chi connectivity index (χ1) is 11.7. The van der Waals surface area contributed by atoms with Gasteiger partial charge in [-0.15, -0.1) is 0 Å². The molecule has 6 nitrogen and oxygen atoms in total. The Kier molecular flexibility index (Phi) is 5.76. The van der Waals surface area contributed by atoms with Crippen LogP contribution < -0.4 is 10.1 Å². The molecule has 0 saturated carbocycles. The molecule has 1 N–H and O–H groups in total. The molecule has 1 aromatic rings. The zero-order valence-electron chi connectivity index (χ0n) is 14.0. The van der Waals surface area contributed by atoms with Crippen molar-refractivity contribution in [2.75, 3.05) is 38.6 Å². The molecule has 3 amide bonds. The molecule has 25 heavy (non-hydrogen) atoms. The minimum atomic E-state index is -4.54. The third-order valence-electron chi connectivity index (χ3n) is 3.95. The molecule has 9 heteroatoms. The van der Waals surface area contributed by atoms with E-state index in [1.807, 2.05) is 0 Å². The second-order valence-electron chi connectivity index (χ2n) is 5.72. The van der Waals surface area contributed by atoms with E-state index in [2.05, 4.69) is 5.32 Å². The average Bonchev–Trinajstić information content (AvgIpc) is 2.79. The van der Waals surface area contributed by atoms with Crippen LogP contribution in [0.15, 0.2) is 18.2 Å². The molecule has 1 aliphatic heterocycles. The Morgan fingerprint density at radius 3 is 2.32 bits per heavy atom. The lowest BCUT2D eigenvalue weighted by Gasteiger charge is -2.22. The lowest BCUT2D eigenvalue weighted by atomic mass is 10.2. The quantitative estimate of drug-likeness (QED) is 0.883. The molecule has 0 aliphatic carbocycles. The summed E-state index contributed by atoms with van der Waals surface area (Å²) in [5.74, 6) is -0.0615. The van der Waals surface area contributed by atoms with E-state index in [0.29, 0.717) is 32.6 Å². The molecule has 0 spiro atoms. The Labute approximate surface area is 143 Å². The molecule has 0 bridgehead atoms. The third kappa shape index (κ3) is 5.01. The van der Waals surface area contributed by atoms with Crippen LogP contribution in [0.3, 0.4) is 0 Å². The maximum Gasteiger partial charge on any atom is 0.416 e. The van der Waals surface area contributed by atoms with Crippen LogP contribution in [0.25, 0.3) is 0 Å². The molecule has 0 radical (unpaired) electrons. The monoisotopic (exact) mass is 359 g/mol. The number of nitrogens with one attached hydrogen (secondary N) is 1. The second-order valence-corrected chi connectivity index (χ2v) is 5.72. The van der Waals surface area contributed by atoms with Gasteiger partial charge >= 0.3 is 12.2 Å². The number of methoxy groups -OCH3 is 1. The number of anilines is 1. The van der Waals surface area contributed by atoms with Crippen LogP contribution in [0, 0.1) is 0 Å². The van der Waals surface area contributed by atoms with Crippen molar-refractivity contribution < 1.29 is 27.5 Å². The predicted molar refractivity (Wildman–Crippen MR) is 85.5 cm³/mol. The standard InChI is InChI=1S/C16H20F3N3O3/c1-11(23)21-4-3-5-22(7-6-21)15(24)20-13-8-12(16(17,18)19)9-14(10-13)25-2/h8-10H,3-7H2,1-2H3,(H,20,24). The van der Waals surface area contributed by atoms with Gasteiger partial charge < -0.3 is 19.9 Å². The van der Waals surface area contributed by atoms with Crippen LogP contribution >= 0.6 is 0 Å². The molecule has 1 aliphatic rings. The average molecular weight is 359 g/mol. The van der Waals surface area contributed by atoms with Crippen molar-refractivity contribution in [3.8, 4) is 5.75 Å². The Bertz CT molecular complexity index is 649. The maximum absolute atomic E-state index is 12.9. The summed E-state index contributed by atoms with van der Waals surface area (Å²) in [6.45, 7) is 3.16. The van der Waals surface area contributed by atoms with E-state index in [0.717, 1.165) is 12.1 Å². The van der Waals surface area contributed by atoms with E-state index in [1.165, 1.54) is 25.0 Å². The Balaban J connectivity index is 2.11. The molecule has 1 heterocycles. The third-order valence-corrected chi connectivity index (χ3v) is 3.95.